The van der Waals surface area contributed by atoms with Gasteiger partial charge in [-0.1, -0.05) is 49.6 Å². The van der Waals surface area contributed by atoms with Crippen molar-refractivity contribution >= 4 is 34.9 Å². The molecule has 2 heterocycles. The Morgan fingerprint density at radius 3 is 2.19 bits per heavy atom. The highest BCUT2D eigenvalue weighted by Gasteiger charge is 2.75. The van der Waals surface area contributed by atoms with Gasteiger partial charge in [0.25, 0.3) is 5.91 Å². The number of benzene rings is 3. The summed E-state index contributed by atoms with van der Waals surface area (Å²) in [6, 6.07) is 14.9. The van der Waals surface area contributed by atoms with E-state index >= 15 is 0 Å². The fraction of sp³-hybridized carbons (Fsp3) is 0.450. The highest BCUT2D eigenvalue weighted by atomic mass is 19.4. The molecule has 2 fully saturated rings. The summed E-state index contributed by atoms with van der Waals surface area (Å²) < 4.78 is 93.2. The predicted molar refractivity (Wildman–Crippen MR) is 202 cm³/mol. The molecule has 1 aliphatic heterocycles. The van der Waals surface area contributed by atoms with Crippen LogP contribution >= 0.6 is 0 Å². The maximum absolute atomic E-state index is 14.1. The molecule has 17 heteroatoms. The van der Waals surface area contributed by atoms with Crippen molar-refractivity contribution in [2.75, 3.05) is 25.0 Å². The molecule has 308 valence electrons. The zero-order valence-corrected chi connectivity index (χ0v) is 31.3. The lowest BCUT2D eigenvalue weighted by Crippen LogP contribution is -2.50. The van der Waals surface area contributed by atoms with E-state index < -0.39 is 35.8 Å². The number of fused-ring (bicyclic) bond motifs is 1. The number of amides is 3. The van der Waals surface area contributed by atoms with Gasteiger partial charge in [-0.2, -0.15) is 30.7 Å². The number of nitrogens with two attached hydrogens (primary N) is 1. The van der Waals surface area contributed by atoms with Gasteiger partial charge in [0.05, 0.1) is 11.0 Å². The molecule has 57 heavy (non-hydrogen) atoms. The molecule has 3 amide bonds. The van der Waals surface area contributed by atoms with Gasteiger partial charge in [0.15, 0.2) is 5.82 Å². The van der Waals surface area contributed by atoms with Crippen LogP contribution in [0.2, 0.25) is 0 Å². The molecule has 10 nitrogen and oxygen atoms in total. The number of H-pyrrole nitrogens is 1. The number of aryl methyl sites for hydroxylation is 1. The van der Waals surface area contributed by atoms with E-state index in [2.05, 4.69) is 26.3 Å². The molecule has 0 spiro atoms. The maximum Gasteiger partial charge on any atom is 0.460 e. The summed E-state index contributed by atoms with van der Waals surface area (Å²) in [4.78, 5) is 42.1. The summed E-state index contributed by atoms with van der Waals surface area (Å²) in [6.07, 6.45) is 2.61. The SMILES string of the molecule is Cc1cc(C(=O)NC2CCNCC2)ccc1-c1ccc(C[C@H](NC=O)C(=O)Nc2ccc3nc(C(F)(F)C(F)(F)C(F)(F)F)[nH]c3c2)cc1.NCC1CCCCC1. The largest absolute Gasteiger partial charge is 0.460 e. The Kier molecular flexibility index (Phi) is 14.0. The Labute approximate surface area is 324 Å². The van der Waals surface area contributed by atoms with Crippen molar-refractivity contribution in [2.45, 2.75) is 88.4 Å². The molecule has 7 N–H and O–H groups in total. The van der Waals surface area contributed by atoms with Crippen LogP contribution in [0.5, 0.6) is 0 Å². The van der Waals surface area contributed by atoms with Gasteiger partial charge in [0.2, 0.25) is 12.3 Å². The van der Waals surface area contributed by atoms with Crippen LogP contribution in [0.25, 0.3) is 22.2 Å². The Balaban J connectivity index is 0.000000690. The monoisotopic (exact) mass is 805 g/mol. The molecule has 1 aliphatic carbocycles. The third-order valence-corrected chi connectivity index (χ3v) is 10.3. The maximum atomic E-state index is 14.1. The summed E-state index contributed by atoms with van der Waals surface area (Å²) in [5.41, 5.74) is 8.62. The number of anilines is 1. The minimum Gasteiger partial charge on any atom is -0.349 e. The summed E-state index contributed by atoms with van der Waals surface area (Å²) in [5, 5.41) is 11.2. The number of nitrogens with zero attached hydrogens (tertiary/aromatic N) is 1. The van der Waals surface area contributed by atoms with E-state index in [0.29, 0.717) is 17.5 Å². The molecule has 0 radical (unpaired) electrons. The fourth-order valence-electron chi connectivity index (χ4n) is 6.94. The number of carbonyl (C=O) groups excluding carboxylic acids is 3. The summed E-state index contributed by atoms with van der Waals surface area (Å²) in [5.74, 6) is -14.0. The van der Waals surface area contributed by atoms with E-state index in [9.17, 15) is 45.1 Å². The number of alkyl halides is 7. The first kappa shape index (κ1) is 43.1. The Morgan fingerprint density at radius 1 is 0.912 bits per heavy atom. The number of hydrogen-bond donors (Lipinski definition) is 6. The van der Waals surface area contributed by atoms with E-state index in [4.69, 9.17) is 5.73 Å². The van der Waals surface area contributed by atoms with Crippen molar-refractivity contribution in [3.8, 4) is 11.1 Å². The average Bonchev–Trinajstić information content (AvgIpc) is 3.63. The first-order valence-corrected chi connectivity index (χ1v) is 18.8. The number of hydrogen-bond acceptors (Lipinski definition) is 6. The zero-order chi connectivity index (χ0) is 41.4. The highest BCUT2D eigenvalue weighted by molar-refractivity contribution is 5.97. The fourth-order valence-corrected chi connectivity index (χ4v) is 6.94. The summed E-state index contributed by atoms with van der Waals surface area (Å²) in [6.45, 7) is 4.53. The zero-order valence-electron chi connectivity index (χ0n) is 31.3. The van der Waals surface area contributed by atoms with Crippen LogP contribution < -0.4 is 27.0 Å². The van der Waals surface area contributed by atoms with Crippen molar-refractivity contribution in [2.24, 2.45) is 11.7 Å². The van der Waals surface area contributed by atoms with Gasteiger partial charge in [-0.15, -0.1) is 0 Å². The number of aromatic nitrogens is 2. The number of rotatable bonds is 12. The molecule has 4 aromatic rings. The van der Waals surface area contributed by atoms with Crippen molar-refractivity contribution < 1.29 is 45.1 Å². The molecule has 1 saturated carbocycles. The highest BCUT2D eigenvalue weighted by Crippen LogP contribution is 2.51. The lowest BCUT2D eigenvalue weighted by atomic mass is 9.90. The first-order valence-electron chi connectivity index (χ1n) is 18.8. The van der Waals surface area contributed by atoms with Gasteiger partial charge in [-0.05, 0) is 111 Å². The van der Waals surface area contributed by atoms with Crippen LogP contribution in [0.4, 0.5) is 36.4 Å². The van der Waals surface area contributed by atoms with Gasteiger partial charge in [0.1, 0.15) is 6.04 Å². The smallest absolute Gasteiger partial charge is 0.349 e. The third-order valence-electron chi connectivity index (χ3n) is 10.3. The van der Waals surface area contributed by atoms with Crippen molar-refractivity contribution in [1.29, 1.82) is 0 Å². The quantitative estimate of drug-likeness (QED) is 0.0662. The number of imidazole rings is 1. The van der Waals surface area contributed by atoms with Crippen molar-refractivity contribution in [3.05, 3.63) is 83.2 Å². The Bertz CT molecular complexity index is 1990. The molecule has 1 saturated heterocycles. The van der Waals surface area contributed by atoms with Crippen LogP contribution in [-0.2, 0) is 21.9 Å². The minimum atomic E-state index is -6.54. The number of halogens is 7. The molecular weight excluding hydrogens is 759 g/mol. The van der Waals surface area contributed by atoms with Crippen LogP contribution in [0.1, 0.15) is 72.3 Å². The number of aromatic amines is 1. The minimum absolute atomic E-state index is 0.0324. The van der Waals surface area contributed by atoms with Crippen molar-refractivity contribution in [1.82, 2.24) is 25.9 Å². The van der Waals surface area contributed by atoms with E-state index in [1.165, 1.54) is 38.2 Å². The standard InChI is InChI=1S/C33H31F7N6O3.C7H15N/c1-18-14-21(28(48)43-22-10-12-41-13-11-22)6-8-24(18)20-4-2-19(3-5-20)15-27(42-17-47)29(49)44-23-7-9-25-26(16-23)46-30(45-25)31(34,35)32(36,37)33(38,39)40;8-6-7-4-2-1-3-5-7/h2-9,14,16-17,22,27,41H,10-13,15H2,1H3,(H,42,47)(H,43,48)(H,44,49)(H,45,46);7H,1-6,8H2/t27-;/m0./s1. The van der Waals surface area contributed by atoms with Gasteiger partial charge in [-0.25, -0.2) is 4.98 Å². The second kappa shape index (κ2) is 18.5. The van der Waals surface area contributed by atoms with Crippen molar-refractivity contribution in [3.63, 3.8) is 0 Å². The molecule has 6 rings (SSSR count). The average molecular weight is 806 g/mol. The second-order valence-electron chi connectivity index (χ2n) is 14.5. The Morgan fingerprint density at radius 2 is 1.60 bits per heavy atom. The molecule has 3 aromatic carbocycles. The van der Waals surface area contributed by atoms with Gasteiger partial charge < -0.3 is 32.0 Å². The van der Waals surface area contributed by atoms with Crippen LogP contribution in [-0.4, -0.2) is 72.0 Å². The Hall–Kier alpha value is -5.03. The predicted octanol–water partition coefficient (Wildman–Crippen LogP) is 7.13. The molecule has 1 atom stereocenters. The molecule has 0 unspecified atom stereocenters. The van der Waals surface area contributed by atoms with E-state index in [1.807, 2.05) is 31.2 Å². The third kappa shape index (κ3) is 10.5. The topological polar surface area (TPSA) is 154 Å². The summed E-state index contributed by atoms with van der Waals surface area (Å²) >= 11 is 0. The van der Waals surface area contributed by atoms with E-state index in [0.717, 1.165) is 67.2 Å². The summed E-state index contributed by atoms with van der Waals surface area (Å²) in [7, 11) is 0. The van der Waals surface area contributed by atoms with Gasteiger partial charge in [-0.3, -0.25) is 14.4 Å². The normalized spacial score (nSPS) is 16.3. The molecule has 1 aromatic heterocycles. The lowest BCUT2D eigenvalue weighted by molar-refractivity contribution is -0.361. The van der Waals surface area contributed by atoms with Crippen LogP contribution in [0.3, 0.4) is 0 Å². The van der Waals surface area contributed by atoms with Gasteiger partial charge >= 0.3 is 18.0 Å². The van der Waals surface area contributed by atoms with E-state index in [1.54, 1.807) is 23.2 Å². The van der Waals surface area contributed by atoms with E-state index in [-0.39, 0.29) is 35.1 Å². The van der Waals surface area contributed by atoms with Gasteiger partial charge in [0, 0.05) is 23.7 Å². The lowest BCUT2D eigenvalue weighted by Gasteiger charge is -2.26. The first-order chi connectivity index (χ1) is 27.0. The number of nitrogens with one attached hydrogen (secondary N) is 5. The number of carbonyl (C=O) groups is 3. The molecule has 2 aliphatic rings. The molecule has 0 bridgehead atoms. The van der Waals surface area contributed by atoms with Crippen LogP contribution in [0, 0.1) is 12.8 Å². The number of piperidine rings is 1. The second-order valence-corrected chi connectivity index (χ2v) is 14.5. The van der Waals surface area contributed by atoms with Crippen LogP contribution in [0.15, 0.2) is 60.7 Å². The molecular formula is C40H46F7N7O3.